The summed E-state index contributed by atoms with van der Waals surface area (Å²) in [5.74, 6) is -2.49. The van der Waals surface area contributed by atoms with Crippen LogP contribution in [-0.4, -0.2) is 52.0 Å². The number of aromatic nitrogens is 2. The van der Waals surface area contributed by atoms with Crippen LogP contribution < -0.4 is 4.74 Å². The van der Waals surface area contributed by atoms with Gasteiger partial charge in [-0.15, -0.1) is 0 Å². The molecule has 2 aliphatic rings. The van der Waals surface area contributed by atoms with Crippen LogP contribution in [0.3, 0.4) is 0 Å². The lowest BCUT2D eigenvalue weighted by molar-refractivity contribution is 0.0306. The zero-order valence-corrected chi connectivity index (χ0v) is 14.9. The van der Waals surface area contributed by atoms with Gasteiger partial charge >= 0.3 is 0 Å². The molecule has 8 heteroatoms. The Labute approximate surface area is 155 Å². The minimum absolute atomic E-state index is 0.126. The summed E-state index contributed by atoms with van der Waals surface area (Å²) in [6.45, 7) is 0.929. The van der Waals surface area contributed by atoms with Gasteiger partial charge in [0.05, 0.1) is 24.8 Å². The fourth-order valence-corrected chi connectivity index (χ4v) is 4.39. The number of amides is 1. The van der Waals surface area contributed by atoms with Gasteiger partial charge in [0.2, 0.25) is 0 Å². The number of fused-ring (bicyclic) bond motifs is 1. The number of carbonyl (C=O) groups is 1. The number of likely N-dealkylation sites (tertiary alicyclic amines) is 1. The van der Waals surface area contributed by atoms with Crippen molar-refractivity contribution in [2.45, 2.75) is 25.0 Å². The van der Waals surface area contributed by atoms with Crippen LogP contribution in [0.4, 0.5) is 8.78 Å². The molecule has 6 nitrogen and oxygen atoms in total. The molecular weight excluding hydrogens is 356 g/mol. The van der Waals surface area contributed by atoms with Gasteiger partial charge in [0.15, 0.2) is 17.4 Å². The second-order valence-electron chi connectivity index (χ2n) is 7.26. The van der Waals surface area contributed by atoms with Gasteiger partial charge in [-0.2, -0.15) is 5.10 Å². The maximum atomic E-state index is 14.5. The molecule has 1 aliphatic carbocycles. The quantitative estimate of drug-likeness (QED) is 0.891. The Kier molecular flexibility index (Phi) is 4.59. The lowest BCUT2D eigenvalue weighted by atomic mass is 9.77. The maximum absolute atomic E-state index is 14.5. The highest BCUT2D eigenvalue weighted by molar-refractivity contribution is 5.95. The van der Waals surface area contributed by atoms with Crippen molar-refractivity contribution >= 4 is 5.91 Å². The van der Waals surface area contributed by atoms with E-state index in [0.717, 1.165) is 19.2 Å². The van der Waals surface area contributed by atoms with Gasteiger partial charge in [0.25, 0.3) is 5.91 Å². The summed E-state index contributed by atoms with van der Waals surface area (Å²) in [7, 11) is 1.16. The van der Waals surface area contributed by atoms with E-state index in [0.29, 0.717) is 25.9 Å². The molecule has 1 saturated carbocycles. The second kappa shape index (κ2) is 6.92. The van der Waals surface area contributed by atoms with Crippen molar-refractivity contribution < 1.29 is 23.4 Å². The number of halogens is 2. The Morgan fingerprint density at radius 1 is 1.26 bits per heavy atom. The molecule has 144 valence electrons. The Bertz CT molecular complexity index is 843. The van der Waals surface area contributed by atoms with Gasteiger partial charge in [-0.1, -0.05) is 0 Å². The Hall–Kier alpha value is -2.48. The van der Waals surface area contributed by atoms with Crippen molar-refractivity contribution in [3.05, 3.63) is 47.8 Å². The van der Waals surface area contributed by atoms with E-state index in [9.17, 15) is 18.7 Å². The molecule has 0 bridgehead atoms. The van der Waals surface area contributed by atoms with E-state index in [-0.39, 0.29) is 23.4 Å². The molecule has 1 aliphatic heterocycles. The fourth-order valence-electron chi connectivity index (χ4n) is 4.39. The van der Waals surface area contributed by atoms with E-state index in [1.165, 1.54) is 0 Å². The number of benzene rings is 1. The first-order chi connectivity index (χ1) is 13.0. The molecular formula is C19H21F2N3O3. The molecule has 27 heavy (non-hydrogen) atoms. The third-order valence-corrected chi connectivity index (χ3v) is 5.74. The van der Waals surface area contributed by atoms with Crippen molar-refractivity contribution in [3.63, 3.8) is 0 Å². The standard InChI is InChI=1S/C19H21F2N3O3/c1-27-18-14(20)4-3-13(17(18)21)19(26)23-9-11-7-15(24-6-2-5-22-24)16(25)8-12(11)10-23/h2-6,11-12,15-16,25H,7-10H2,1H3/t11-,12+,15-,16-/m1/s1. The number of aliphatic hydroxyl groups is 1. The SMILES string of the molecule is COc1c(F)ccc(C(=O)N2C[C@H]3C[C@@H](n4cccn4)[C@H](O)C[C@H]3C2)c1F. The Morgan fingerprint density at radius 3 is 2.67 bits per heavy atom. The van der Waals surface area contributed by atoms with Crippen molar-refractivity contribution in [1.29, 1.82) is 0 Å². The zero-order chi connectivity index (χ0) is 19.1. The lowest BCUT2D eigenvalue weighted by Crippen LogP contribution is -2.36. The van der Waals surface area contributed by atoms with Gasteiger partial charge in [-0.05, 0) is 42.9 Å². The predicted molar refractivity (Wildman–Crippen MR) is 92.3 cm³/mol. The number of nitrogens with zero attached hydrogens (tertiary/aromatic N) is 3. The van der Waals surface area contributed by atoms with Gasteiger partial charge in [-0.3, -0.25) is 9.48 Å². The number of hydrogen-bond acceptors (Lipinski definition) is 4. The van der Waals surface area contributed by atoms with Crippen molar-refractivity contribution in [3.8, 4) is 5.75 Å². The first-order valence-electron chi connectivity index (χ1n) is 8.98. The van der Waals surface area contributed by atoms with Gasteiger partial charge in [0, 0.05) is 25.5 Å². The number of methoxy groups -OCH3 is 1. The summed E-state index contributed by atoms with van der Waals surface area (Å²) in [6.07, 6.45) is 4.23. The molecule has 2 heterocycles. The van der Waals surface area contributed by atoms with Crippen molar-refractivity contribution in [1.82, 2.24) is 14.7 Å². The van der Waals surface area contributed by atoms with Crippen LogP contribution in [0.25, 0.3) is 0 Å². The van der Waals surface area contributed by atoms with Crippen LogP contribution >= 0.6 is 0 Å². The minimum Gasteiger partial charge on any atom is -0.491 e. The third-order valence-electron chi connectivity index (χ3n) is 5.74. The van der Waals surface area contributed by atoms with E-state index in [1.807, 2.05) is 12.3 Å². The zero-order valence-electron chi connectivity index (χ0n) is 14.9. The molecule has 1 aromatic carbocycles. The highest BCUT2D eigenvalue weighted by Gasteiger charge is 2.44. The van der Waals surface area contributed by atoms with Crippen LogP contribution in [0.15, 0.2) is 30.6 Å². The smallest absolute Gasteiger partial charge is 0.256 e. The van der Waals surface area contributed by atoms with E-state index >= 15 is 0 Å². The molecule has 2 fully saturated rings. The molecule has 0 unspecified atom stereocenters. The molecule has 4 atom stereocenters. The summed E-state index contributed by atoms with van der Waals surface area (Å²) < 4.78 is 34.6. The topological polar surface area (TPSA) is 67.6 Å². The van der Waals surface area contributed by atoms with Gasteiger partial charge in [-0.25, -0.2) is 8.78 Å². The van der Waals surface area contributed by atoms with E-state index < -0.39 is 29.4 Å². The van der Waals surface area contributed by atoms with E-state index in [4.69, 9.17) is 4.74 Å². The van der Waals surface area contributed by atoms with E-state index in [1.54, 1.807) is 15.8 Å². The summed E-state index contributed by atoms with van der Waals surface area (Å²) in [5.41, 5.74) is -0.198. The Morgan fingerprint density at radius 2 is 2.00 bits per heavy atom. The van der Waals surface area contributed by atoms with Gasteiger partial charge in [0.1, 0.15) is 0 Å². The monoisotopic (exact) mass is 377 g/mol. The van der Waals surface area contributed by atoms with Crippen LogP contribution in [-0.2, 0) is 0 Å². The Balaban J connectivity index is 1.52. The molecule has 4 rings (SSSR count). The molecule has 1 N–H and O–H groups in total. The van der Waals surface area contributed by atoms with Crippen molar-refractivity contribution in [2.75, 3.05) is 20.2 Å². The number of ether oxygens (including phenoxy) is 1. The first kappa shape index (κ1) is 17.9. The number of hydrogen-bond donors (Lipinski definition) is 1. The summed E-state index contributed by atoms with van der Waals surface area (Å²) in [6, 6.07) is 3.88. The largest absolute Gasteiger partial charge is 0.491 e. The molecule has 0 spiro atoms. The highest BCUT2D eigenvalue weighted by atomic mass is 19.1. The lowest BCUT2D eigenvalue weighted by Gasteiger charge is -2.35. The van der Waals surface area contributed by atoms with Crippen LogP contribution in [0.2, 0.25) is 0 Å². The summed E-state index contributed by atoms with van der Waals surface area (Å²) >= 11 is 0. The van der Waals surface area contributed by atoms with Crippen LogP contribution in [0.5, 0.6) is 5.75 Å². The molecule has 2 aromatic rings. The minimum atomic E-state index is -0.980. The van der Waals surface area contributed by atoms with E-state index in [2.05, 4.69) is 5.10 Å². The number of aliphatic hydroxyl groups excluding tert-OH is 1. The number of carbonyl (C=O) groups excluding carboxylic acids is 1. The fraction of sp³-hybridized carbons (Fsp3) is 0.474. The predicted octanol–water partition coefficient (Wildman–Crippen LogP) is 2.25. The van der Waals surface area contributed by atoms with Crippen LogP contribution in [0.1, 0.15) is 29.2 Å². The highest BCUT2D eigenvalue weighted by Crippen LogP contribution is 2.41. The first-order valence-corrected chi connectivity index (χ1v) is 8.98. The molecule has 1 amide bonds. The third kappa shape index (κ3) is 3.07. The second-order valence-corrected chi connectivity index (χ2v) is 7.26. The summed E-state index contributed by atoms with van der Waals surface area (Å²) in [4.78, 5) is 14.4. The summed E-state index contributed by atoms with van der Waals surface area (Å²) in [5, 5.41) is 14.7. The van der Waals surface area contributed by atoms with Crippen molar-refractivity contribution in [2.24, 2.45) is 11.8 Å². The normalized spacial score (nSPS) is 27.5. The average Bonchev–Trinajstić information content (AvgIpc) is 3.30. The molecule has 0 radical (unpaired) electrons. The average molecular weight is 377 g/mol. The molecule has 1 saturated heterocycles. The maximum Gasteiger partial charge on any atom is 0.256 e. The number of rotatable bonds is 3. The molecule has 1 aromatic heterocycles. The van der Waals surface area contributed by atoms with Gasteiger partial charge < -0.3 is 14.7 Å². The van der Waals surface area contributed by atoms with Crippen LogP contribution in [0, 0.1) is 23.5 Å².